The average Bonchev–Trinajstić information content (AvgIpc) is 2.46. The number of thioether (sulfide) groups is 1. The van der Waals surface area contributed by atoms with Gasteiger partial charge in [0.25, 0.3) is 0 Å². The van der Waals surface area contributed by atoms with Crippen LogP contribution in [0.5, 0.6) is 0 Å². The minimum atomic E-state index is -3.69. The van der Waals surface area contributed by atoms with Gasteiger partial charge >= 0.3 is 0 Å². The van der Waals surface area contributed by atoms with Gasteiger partial charge in [-0.3, -0.25) is 0 Å². The van der Waals surface area contributed by atoms with Crippen molar-refractivity contribution in [3.63, 3.8) is 0 Å². The Kier molecular flexibility index (Phi) is 6.04. The van der Waals surface area contributed by atoms with Crippen LogP contribution in [-0.2, 0) is 16.6 Å². The smallest absolute Gasteiger partial charge is 0.241 e. The Morgan fingerprint density at radius 1 is 1.43 bits per heavy atom. The molecule has 0 aliphatic carbocycles. The van der Waals surface area contributed by atoms with Crippen LogP contribution >= 0.6 is 11.8 Å². The molecule has 0 bridgehead atoms. The zero-order valence-electron chi connectivity index (χ0n) is 12.1. The summed E-state index contributed by atoms with van der Waals surface area (Å²) < 4.78 is 41.2. The maximum Gasteiger partial charge on any atom is 0.241 e. The van der Waals surface area contributed by atoms with E-state index in [1.165, 1.54) is 12.1 Å². The monoisotopic (exact) mass is 332 g/mol. The van der Waals surface area contributed by atoms with E-state index < -0.39 is 15.8 Å². The molecule has 1 aliphatic heterocycles. The fraction of sp³-hybridized carbons (Fsp3) is 0.571. The number of rotatable bonds is 6. The number of hydrogen-bond acceptors (Lipinski definition) is 4. The maximum atomic E-state index is 13.5. The highest BCUT2D eigenvalue weighted by Crippen LogP contribution is 2.22. The molecule has 21 heavy (non-hydrogen) atoms. The molecule has 4 nitrogen and oxygen atoms in total. The van der Waals surface area contributed by atoms with Crippen LogP contribution < -0.4 is 10.0 Å². The zero-order valence-corrected chi connectivity index (χ0v) is 13.7. The van der Waals surface area contributed by atoms with Crippen molar-refractivity contribution < 1.29 is 12.8 Å². The lowest BCUT2D eigenvalue weighted by Crippen LogP contribution is -2.38. The average molecular weight is 332 g/mol. The summed E-state index contributed by atoms with van der Waals surface area (Å²) in [6, 6.07) is 3.86. The van der Waals surface area contributed by atoms with E-state index in [0.717, 1.165) is 37.0 Å². The summed E-state index contributed by atoms with van der Waals surface area (Å²) >= 11 is 1.75. The van der Waals surface area contributed by atoms with Crippen LogP contribution in [0.25, 0.3) is 0 Å². The topological polar surface area (TPSA) is 58.2 Å². The lowest BCUT2D eigenvalue weighted by atomic mass is 10.2. The van der Waals surface area contributed by atoms with E-state index >= 15 is 0 Å². The molecule has 0 spiro atoms. The van der Waals surface area contributed by atoms with E-state index in [1.54, 1.807) is 11.8 Å². The van der Waals surface area contributed by atoms with Crippen molar-refractivity contribution in [2.75, 3.05) is 18.1 Å². The molecule has 0 amide bonds. The standard InChI is InChI=1S/C14H21FN2O2S2/c1-2-16-9-11-5-6-12(15)8-14(11)21(18,19)17-13-4-3-7-20-10-13/h5-6,8,13,16-17H,2-4,7,9-10H2,1H3. The molecule has 1 aromatic carbocycles. The highest BCUT2D eigenvalue weighted by atomic mass is 32.2. The molecule has 1 aliphatic rings. The van der Waals surface area contributed by atoms with E-state index in [4.69, 9.17) is 0 Å². The number of nitrogens with one attached hydrogen (secondary N) is 2. The summed E-state index contributed by atoms with van der Waals surface area (Å²) in [5.74, 6) is 1.31. The van der Waals surface area contributed by atoms with Crippen LogP contribution in [0.2, 0.25) is 0 Å². The van der Waals surface area contributed by atoms with Gasteiger partial charge in [0.1, 0.15) is 5.82 Å². The minimum Gasteiger partial charge on any atom is -0.313 e. The molecule has 1 heterocycles. The predicted molar refractivity (Wildman–Crippen MR) is 84.4 cm³/mol. The van der Waals surface area contributed by atoms with Gasteiger partial charge in [0.05, 0.1) is 4.90 Å². The third-order valence-electron chi connectivity index (χ3n) is 3.37. The van der Waals surface area contributed by atoms with E-state index in [1.807, 2.05) is 6.92 Å². The van der Waals surface area contributed by atoms with Crippen molar-refractivity contribution in [3.05, 3.63) is 29.6 Å². The lowest BCUT2D eigenvalue weighted by Gasteiger charge is -2.23. The third kappa shape index (κ3) is 4.67. The van der Waals surface area contributed by atoms with Crippen molar-refractivity contribution in [2.45, 2.75) is 37.2 Å². The first-order valence-electron chi connectivity index (χ1n) is 7.12. The first-order valence-corrected chi connectivity index (χ1v) is 9.76. The van der Waals surface area contributed by atoms with Gasteiger partial charge in [-0.2, -0.15) is 11.8 Å². The van der Waals surface area contributed by atoms with Crippen molar-refractivity contribution in [1.82, 2.24) is 10.0 Å². The quantitative estimate of drug-likeness (QED) is 0.838. The SMILES string of the molecule is CCNCc1ccc(F)cc1S(=O)(=O)NC1CCCSC1. The molecule has 0 aromatic heterocycles. The Morgan fingerprint density at radius 3 is 2.90 bits per heavy atom. The maximum absolute atomic E-state index is 13.5. The molecule has 1 fully saturated rings. The minimum absolute atomic E-state index is 0.0408. The molecule has 0 radical (unpaired) electrons. The van der Waals surface area contributed by atoms with Gasteiger partial charge in [0.15, 0.2) is 0 Å². The summed E-state index contributed by atoms with van der Waals surface area (Å²) in [5, 5.41) is 3.08. The second kappa shape index (κ2) is 7.58. The van der Waals surface area contributed by atoms with Crippen LogP contribution in [0.4, 0.5) is 4.39 Å². The fourth-order valence-corrected chi connectivity index (χ4v) is 5.00. The molecule has 0 saturated carbocycles. The normalized spacial score (nSPS) is 19.6. The van der Waals surface area contributed by atoms with Gasteiger partial charge < -0.3 is 5.32 Å². The summed E-state index contributed by atoms with van der Waals surface area (Å²) in [5.41, 5.74) is 0.592. The van der Waals surface area contributed by atoms with Crippen LogP contribution in [0.3, 0.4) is 0 Å². The molecule has 1 saturated heterocycles. The fourth-order valence-electron chi connectivity index (χ4n) is 2.30. The van der Waals surface area contributed by atoms with E-state index in [9.17, 15) is 12.8 Å². The molecule has 7 heteroatoms. The highest BCUT2D eigenvalue weighted by Gasteiger charge is 2.24. The molecule has 2 rings (SSSR count). The van der Waals surface area contributed by atoms with Gasteiger partial charge in [-0.15, -0.1) is 0 Å². The molecule has 118 valence electrons. The molecular weight excluding hydrogens is 311 g/mol. The second-order valence-electron chi connectivity index (χ2n) is 5.07. The highest BCUT2D eigenvalue weighted by molar-refractivity contribution is 7.99. The Morgan fingerprint density at radius 2 is 2.24 bits per heavy atom. The first-order chi connectivity index (χ1) is 10.0. The third-order valence-corrected chi connectivity index (χ3v) is 6.18. The second-order valence-corrected chi connectivity index (χ2v) is 7.90. The molecule has 2 N–H and O–H groups in total. The largest absolute Gasteiger partial charge is 0.313 e. The molecule has 1 atom stereocenters. The lowest BCUT2D eigenvalue weighted by molar-refractivity contribution is 0.539. The number of benzene rings is 1. The molecule has 1 unspecified atom stereocenters. The van der Waals surface area contributed by atoms with Crippen LogP contribution in [0.15, 0.2) is 23.1 Å². The van der Waals surface area contributed by atoms with Crippen molar-refractivity contribution in [2.24, 2.45) is 0 Å². The zero-order chi connectivity index (χ0) is 15.3. The summed E-state index contributed by atoms with van der Waals surface area (Å²) in [4.78, 5) is 0.0408. The van der Waals surface area contributed by atoms with Crippen molar-refractivity contribution in [1.29, 1.82) is 0 Å². The number of sulfonamides is 1. The van der Waals surface area contributed by atoms with Crippen LogP contribution in [0, 0.1) is 5.82 Å². The Labute approximate surface area is 129 Å². The predicted octanol–water partition coefficient (Wildman–Crippen LogP) is 2.11. The number of halogens is 1. The van der Waals surface area contributed by atoms with Gasteiger partial charge in [-0.25, -0.2) is 17.5 Å². The molecular formula is C14H21FN2O2S2. The Hall–Kier alpha value is -0.630. The Balaban J connectivity index is 2.22. The van der Waals surface area contributed by atoms with Crippen molar-refractivity contribution in [3.8, 4) is 0 Å². The van der Waals surface area contributed by atoms with Crippen LogP contribution in [0.1, 0.15) is 25.3 Å². The van der Waals surface area contributed by atoms with Gasteiger partial charge in [-0.1, -0.05) is 13.0 Å². The summed E-state index contributed by atoms with van der Waals surface area (Å²) in [7, 11) is -3.69. The number of hydrogen-bond donors (Lipinski definition) is 2. The summed E-state index contributed by atoms with van der Waals surface area (Å²) in [6.07, 6.45) is 1.84. The van der Waals surface area contributed by atoms with E-state index in [2.05, 4.69) is 10.0 Å². The summed E-state index contributed by atoms with van der Waals surface area (Å²) in [6.45, 7) is 3.07. The van der Waals surface area contributed by atoms with Crippen molar-refractivity contribution >= 4 is 21.8 Å². The first kappa shape index (κ1) is 16.7. The van der Waals surface area contributed by atoms with E-state index in [0.29, 0.717) is 12.1 Å². The Bertz CT molecular complexity index is 572. The van der Waals surface area contributed by atoms with Crippen LogP contribution in [-0.4, -0.2) is 32.5 Å². The van der Waals surface area contributed by atoms with E-state index in [-0.39, 0.29) is 10.9 Å². The molecule has 1 aromatic rings. The van der Waals surface area contributed by atoms with Gasteiger partial charge in [0, 0.05) is 18.3 Å². The van der Waals surface area contributed by atoms with Gasteiger partial charge in [0.2, 0.25) is 10.0 Å². The van der Waals surface area contributed by atoms with Gasteiger partial charge in [-0.05, 0) is 42.8 Å².